The van der Waals surface area contributed by atoms with E-state index < -0.39 is 5.91 Å². The minimum Gasteiger partial charge on any atom is -0.497 e. The van der Waals surface area contributed by atoms with Crippen LogP contribution < -0.4 is 15.6 Å². The predicted octanol–water partition coefficient (Wildman–Crippen LogP) is 2.04. The summed E-state index contributed by atoms with van der Waals surface area (Å²) in [6.45, 7) is 1.96. The van der Waals surface area contributed by atoms with E-state index in [4.69, 9.17) is 4.74 Å². The number of aryl methyl sites for hydroxylation is 1. The summed E-state index contributed by atoms with van der Waals surface area (Å²) in [6, 6.07) is 13.7. The van der Waals surface area contributed by atoms with Crippen LogP contribution in [0.2, 0.25) is 0 Å². The maximum Gasteiger partial charge on any atom is 0.275 e. The van der Waals surface area contributed by atoms with Crippen molar-refractivity contribution in [2.75, 3.05) is 25.5 Å². The summed E-state index contributed by atoms with van der Waals surface area (Å²) < 4.78 is 6.23. The van der Waals surface area contributed by atoms with Gasteiger partial charge in [0.2, 0.25) is 5.91 Å². The molecule has 0 aliphatic heterocycles. The lowest BCUT2D eigenvalue weighted by atomic mass is 10.1. The number of methoxy groups -OCH3 is 1. The van der Waals surface area contributed by atoms with Gasteiger partial charge in [-0.15, -0.1) is 0 Å². The minimum absolute atomic E-state index is 0.139. The molecule has 1 aromatic heterocycles. The van der Waals surface area contributed by atoms with Crippen molar-refractivity contribution in [1.82, 2.24) is 14.7 Å². The number of nitrogens with one attached hydrogen (secondary N) is 1. The van der Waals surface area contributed by atoms with Crippen LogP contribution in [0.4, 0.5) is 5.69 Å². The van der Waals surface area contributed by atoms with Crippen LogP contribution in [0.5, 0.6) is 5.75 Å². The number of likely N-dealkylation sites (N-methyl/N-ethyl adjacent to an activating group) is 1. The molecule has 2 amide bonds. The van der Waals surface area contributed by atoms with Gasteiger partial charge in [-0.2, -0.15) is 5.10 Å². The molecule has 0 atom stereocenters. The molecule has 0 radical (unpaired) electrons. The van der Waals surface area contributed by atoms with Gasteiger partial charge in [0.15, 0.2) is 5.69 Å². The predicted molar refractivity (Wildman–Crippen MR) is 110 cm³/mol. The highest BCUT2D eigenvalue weighted by Crippen LogP contribution is 2.17. The van der Waals surface area contributed by atoms with E-state index in [1.165, 1.54) is 11.9 Å². The fraction of sp³-hybridized carbons (Fsp3) is 0.238. The fourth-order valence-corrected chi connectivity index (χ4v) is 2.98. The van der Waals surface area contributed by atoms with Gasteiger partial charge in [0.25, 0.3) is 11.5 Å². The van der Waals surface area contributed by atoms with E-state index in [1.807, 2.05) is 0 Å². The first-order chi connectivity index (χ1) is 13.9. The van der Waals surface area contributed by atoms with E-state index in [0.717, 1.165) is 4.68 Å². The lowest BCUT2D eigenvalue weighted by Gasteiger charge is -2.21. The monoisotopic (exact) mass is 394 g/mol. The average Bonchev–Trinajstić information content (AvgIpc) is 2.74. The Labute approximate surface area is 167 Å². The number of hydrogen-bond acceptors (Lipinski definition) is 5. The first-order valence-electron chi connectivity index (χ1n) is 9.13. The molecule has 8 nitrogen and oxygen atoms in total. The molecule has 0 saturated heterocycles. The summed E-state index contributed by atoms with van der Waals surface area (Å²) >= 11 is 0. The summed E-state index contributed by atoms with van der Waals surface area (Å²) in [5, 5.41) is 7.78. The largest absolute Gasteiger partial charge is 0.497 e. The van der Waals surface area contributed by atoms with Crippen molar-refractivity contribution >= 4 is 28.3 Å². The van der Waals surface area contributed by atoms with Crippen LogP contribution in [-0.4, -0.2) is 46.7 Å². The Hall–Kier alpha value is -3.68. The lowest BCUT2D eigenvalue weighted by Crippen LogP contribution is -2.39. The van der Waals surface area contributed by atoms with E-state index in [2.05, 4.69) is 10.4 Å². The second-order valence-corrected chi connectivity index (χ2v) is 6.42. The summed E-state index contributed by atoms with van der Waals surface area (Å²) in [6.07, 6.45) is 0. The normalized spacial score (nSPS) is 10.6. The fourth-order valence-electron chi connectivity index (χ4n) is 2.98. The van der Waals surface area contributed by atoms with E-state index in [9.17, 15) is 14.4 Å². The molecule has 0 unspecified atom stereocenters. The Morgan fingerprint density at radius 2 is 1.76 bits per heavy atom. The third-order valence-electron chi connectivity index (χ3n) is 4.54. The number of rotatable bonds is 6. The maximum atomic E-state index is 13.1. The van der Waals surface area contributed by atoms with E-state index in [-0.39, 0.29) is 23.7 Å². The van der Waals surface area contributed by atoms with Gasteiger partial charge in [0.1, 0.15) is 12.3 Å². The van der Waals surface area contributed by atoms with Crippen LogP contribution in [-0.2, 0) is 11.8 Å². The maximum absolute atomic E-state index is 13.1. The number of fused-ring (bicyclic) bond motifs is 1. The molecule has 1 heterocycles. The number of ether oxygens (including phenoxy) is 1. The van der Waals surface area contributed by atoms with Crippen LogP contribution in [0, 0.1) is 0 Å². The third-order valence-corrected chi connectivity index (χ3v) is 4.54. The summed E-state index contributed by atoms with van der Waals surface area (Å²) in [7, 11) is 3.06. The minimum atomic E-state index is -0.413. The summed E-state index contributed by atoms with van der Waals surface area (Å²) in [4.78, 5) is 39.2. The number of benzene rings is 2. The van der Waals surface area contributed by atoms with Crippen molar-refractivity contribution in [2.24, 2.45) is 7.05 Å². The van der Waals surface area contributed by atoms with Crippen LogP contribution in [0.3, 0.4) is 0 Å². The third kappa shape index (κ3) is 4.26. The van der Waals surface area contributed by atoms with Crippen molar-refractivity contribution < 1.29 is 14.3 Å². The van der Waals surface area contributed by atoms with Crippen LogP contribution in [0.25, 0.3) is 10.8 Å². The number of carbonyl (C=O) groups is 2. The summed E-state index contributed by atoms with van der Waals surface area (Å²) in [5.41, 5.74) is 0.462. The molecular weight excluding hydrogens is 372 g/mol. The molecule has 1 N–H and O–H groups in total. The van der Waals surface area contributed by atoms with Gasteiger partial charge in [0, 0.05) is 24.7 Å². The topological polar surface area (TPSA) is 93.5 Å². The Balaban J connectivity index is 1.82. The quantitative estimate of drug-likeness (QED) is 0.691. The van der Waals surface area contributed by atoms with Gasteiger partial charge >= 0.3 is 0 Å². The smallest absolute Gasteiger partial charge is 0.275 e. The lowest BCUT2D eigenvalue weighted by molar-refractivity contribution is -0.116. The number of amides is 2. The van der Waals surface area contributed by atoms with Crippen molar-refractivity contribution in [3.8, 4) is 5.75 Å². The first kappa shape index (κ1) is 20.1. The van der Waals surface area contributed by atoms with Gasteiger partial charge in [-0.1, -0.05) is 18.2 Å². The molecular formula is C21H22N4O4. The molecule has 8 heteroatoms. The zero-order valence-corrected chi connectivity index (χ0v) is 16.5. The molecule has 0 aliphatic carbocycles. The summed E-state index contributed by atoms with van der Waals surface area (Å²) in [5.74, 6) is -0.0651. The van der Waals surface area contributed by atoms with Crippen molar-refractivity contribution in [3.05, 3.63) is 64.6 Å². The number of nitrogens with zero attached hydrogens (tertiary/aromatic N) is 3. The molecule has 2 aromatic carbocycles. The van der Waals surface area contributed by atoms with Crippen LogP contribution >= 0.6 is 0 Å². The van der Waals surface area contributed by atoms with Gasteiger partial charge in [0.05, 0.1) is 12.5 Å². The molecule has 0 aliphatic rings. The van der Waals surface area contributed by atoms with E-state index in [1.54, 1.807) is 62.6 Å². The zero-order chi connectivity index (χ0) is 21.0. The van der Waals surface area contributed by atoms with Crippen molar-refractivity contribution in [2.45, 2.75) is 6.92 Å². The van der Waals surface area contributed by atoms with Crippen LogP contribution in [0.1, 0.15) is 17.4 Å². The molecule has 0 fully saturated rings. The molecule has 29 heavy (non-hydrogen) atoms. The molecule has 0 spiro atoms. The highest BCUT2D eigenvalue weighted by Gasteiger charge is 2.22. The Kier molecular flexibility index (Phi) is 5.92. The molecule has 0 saturated carbocycles. The van der Waals surface area contributed by atoms with Gasteiger partial charge in [-0.25, -0.2) is 4.68 Å². The standard InChI is InChI=1S/C21H22N4O4/c1-4-25(13-18(26)22-14-9-11-15(29-3)12-10-14)21(28)19-16-7-5-6-8-17(16)20(27)24(2)23-19/h5-12H,4,13H2,1-3H3,(H,22,26). The highest BCUT2D eigenvalue weighted by atomic mass is 16.5. The van der Waals surface area contributed by atoms with Gasteiger partial charge < -0.3 is 15.0 Å². The van der Waals surface area contributed by atoms with Gasteiger partial charge in [-0.3, -0.25) is 14.4 Å². The second-order valence-electron chi connectivity index (χ2n) is 6.42. The number of anilines is 1. The molecule has 0 bridgehead atoms. The first-order valence-corrected chi connectivity index (χ1v) is 9.13. The Morgan fingerprint density at radius 3 is 2.38 bits per heavy atom. The van der Waals surface area contributed by atoms with E-state index in [0.29, 0.717) is 28.8 Å². The Bertz CT molecular complexity index is 1110. The van der Waals surface area contributed by atoms with Crippen molar-refractivity contribution in [3.63, 3.8) is 0 Å². The van der Waals surface area contributed by atoms with Gasteiger partial charge in [-0.05, 0) is 37.3 Å². The molecule has 3 rings (SSSR count). The SMILES string of the molecule is CCN(CC(=O)Nc1ccc(OC)cc1)C(=O)c1nn(C)c(=O)c2ccccc12. The Morgan fingerprint density at radius 1 is 1.10 bits per heavy atom. The highest BCUT2D eigenvalue weighted by molar-refractivity contribution is 6.06. The van der Waals surface area contributed by atoms with E-state index >= 15 is 0 Å². The second kappa shape index (κ2) is 8.55. The average molecular weight is 394 g/mol. The number of hydrogen-bond donors (Lipinski definition) is 1. The molecule has 150 valence electrons. The zero-order valence-electron chi connectivity index (χ0n) is 16.5. The van der Waals surface area contributed by atoms with Crippen LogP contribution in [0.15, 0.2) is 53.3 Å². The molecule has 3 aromatic rings. The number of carbonyl (C=O) groups excluding carboxylic acids is 2. The van der Waals surface area contributed by atoms with Crippen molar-refractivity contribution in [1.29, 1.82) is 0 Å². The number of aromatic nitrogens is 2.